The Hall–Kier alpha value is -0.0900. The van der Waals surface area contributed by atoms with Crippen LogP contribution in [0.15, 0.2) is 23.8 Å². The van der Waals surface area contributed by atoms with Crippen molar-refractivity contribution in [3.8, 4) is 0 Å². The van der Waals surface area contributed by atoms with E-state index in [1.165, 1.54) is 5.57 Å². The fraction of sp³-hybridized carbons (Fsp3) is 0.429. The molecule has 0 aliphatic heterocycles. The van der Waals surface area contributed by atoms with Crippen molar-refractivity contribution in [2.24, 2.45) is 0 Å². The Balaban J connectivity index is 2.55. The molecule has 0 aromatic heterocycles. The SMILES string of the molecule is CPC1C=CC(C)=C1. The first-order valence-corrected chi connectivity index (χ1v) is 4.44. The van der Waals surface area contributed by atoms with Gasteiger partial charge in [-0.2, -0.15) is 0 Å². The molecular weight excluding hydrogens is 115 g/mol. The van der Waals surface area contributed by atoms with Crippen molar-refractivity contribution in [3.63, 3.8) is 0 Å². The van der Waals surface area contributed by atoms with Crippen molar-refractivity contribution in [2.45, 2.75) is 12.6 Å². The van der Waals surface area contributed by atoms with Crippen molar-refractivity contribution in [3.05, 3.63) is 23.8 Å². The summed E-state index contributed by atoms with van der Waals surface area (Å²) in [6.45, 7) is 4.39. The minimum Gasteiger partial charge on any atom is -0.114 e. The van der Waals surface area contributed by atoms with Crippen LogP contribution in [0.25, 0.3) is 0 Å². The van der Waals surface area contributed by atoms with Crippen LogP contribution in [0.5, 0.6) is 0 Å². The van der Waals surface area contributed by atoms with E-state index in [4.69, 9.17) is 0 Å². The normalized spacial score (nSPS) is 27.8. The van der Waals surface area contributed by atoms with Crippen LogP contribution >= 0.6 is 8.58 Å². The third-order valence-corrected chi connectivity index (χ3v) is 2.37. The van der Waals surface area contributed by atoms with Crippen LogP contribution in [-0.2, 0) is 0 Å². The Morgan fingerprint density at radius 1 is 1.62 bits per heavy atom. The van der Waals surface area contributed by atoms with E-state index >= 15 is 0 Å². The molecule has 2 unspecified atom stereocenters. The number of rotatable bonds is 1. The standard InChI is InChI=1S/C7H11P/c1-6-3-4-7(5-6)8-2/h3-5,7-8H,1-2H3. The molecule has 0 heterocycles. The van der Waals surface area contributed by atoms with Gasteiger partial charge in [0.2, 0.25) is 0 Å². The van der Waals surface area contributed by atoms with E-state index in [1.54, 1.807) is 0 Å². The van der Waals surface area contributed by atoms with E-state index in [-0.39, 0.29) is 0 Å². The van der Waals surface area contributed by atoms with Gasteiger partial charge in [-0.15, -0.1) is 8.58 Å². The van der Waals surface area contributed by atoms with Crippen LogP contribution in [0, 0.1) is 0 Å². The predicted octanol–water partition coefficient (Wildman–Crippen LogP) is 2.18. The Labute approximate surface area is 52.5 Å². The summed E-state index contributed by atoms with van der Waals surface area (Å²) in [5, 5.41) is 0. The molecule has 44 valence electrons. The third kappa shape index (κ3) is 1.20. The van der Waals surface area contributed by atoms with Crippen LogP contribution in [0.2, 0.25) is 0 Å². The summed E-state index contributed by atoms with van der Waals surface area (Å²) in [7, 11) is 1.03. The van der Waals surface area contributed by atoms with Gasteiger partial charge in [-0.05, 0) is 13.6 Å². The lowest BCUT2D eigenvalue weighted by atomic mass is 10.3. The topological polar surface area (TPSA) is 0 Å². The minimum absolute atomic E-state index is 0.759. The molecule has 0 saturated carbocycles. The summed E-state index contributed by atoms with van der Waals surface area (Å²) < 4.78 is 0. The molecule has 0 radical (unpaired) electrons. The molecule has 1 heteroatoms. The number of hydrogen-bond donors (Lipinski definition) is 0. The summed E-state index contributed by atoms with van der Waals surface area (Å²) in [4.78, 5) is 0. The van der Waals surface area contributed by atoms with Gasteiger partial charge in [-0.25, -0.2) is 0 Å². The molecule has 0 amide bonds. The molecule has 0 bridgehead atoms. The summed E-state index contributed by atoms with van der Waals surface area (Å²) in [5.74, 6) is 0. The third-order valence-electron chi connectivity index (χ3n) is 1.34. The molecule has 0 spiro atoms. The average molecular weight is 126 g/mol. The highest BCUT2D eigenvalue weighted by Gasteiger charge is 2.01. The van der Waals surface area contributed by atoms with Gasteiger partial charge in [0.25, 0.3) is 0 Å². The van der Waals surface area contributed by atoms with E-state index in [2.05, 4.69) is 31.8 Å². The Bertz CT molecular complexity index is 133. The quantitative estimate of drug-likeness (QED) is 0.472. The lowest BCUT2D eigenvalue weighted by Crippen LogP contribution is -1.82. The van der Waals surface area contributed by atoms with Crippen molar-refractivity contribution in [1.29, 1.82) is 0 Å². The lowest BCUT2D eigenvalue weighted by molar-refractivity contribution is 1.43. The monoisotopic (exact) mass is 126 g/mol. The molecule has 0 saturated heterocycles. The van der Waals surface area contributed by atoms with Gasteiger partial charge in [0, 0.05) is 5.66 Å². The maximum Gasteiger partial charge on any atom is 0.0127 e. The molecule has 1 aliphatic carbocycles. The van der Waals surface area contributed by atoms with Gasteiger partial charge in [-0.3, -0.25) is 0 Å². The molecule has 1 rings (SSSR count). The van der Waals surface area contributed by atoms with E-state index < -0.39 is 0 Å². The fourth-order valence-corrected chi connectivity index (χ4v) is 1.55. The van der Waals surface area contributed by atoms with Gasteiger partial charge < -0.3 is 0 Å². The molecule has 0 nitrogen and oxygen atoms in total. The summed E-state index contributed by atoms with van der Waals surface area (Å²) in [6.07, 6.45) is 6.79. The molecule has 0 fully saturated rings. The maximum atomic E-state index is 2.32. The van der Waals surface area contributed by atoms with Crippen molar-refractivity contribution in [2.75, 3.05) is 6.66 Å². The molecule has 1 aliphatic rings. The van der Waals surface area contributed by atoms with Gasteiger partial charge in [-0.1, -0.05) is 23.8 Å². The number of hydrogen-bond acceptors (Lipinski definition) is 0. The average Bonchev–Trinajstić information content (AvgIpc) is 2.14. The largest absolute Gasteiger partial charge is 0.114 e. The molecule has 0 aromatic carbocycles. The molecule has 2 atom stereocenters. The molecule has 8 heavy (non-hydrogen) atoms. The zero-order valence-corrected chi connectivity index (χ0v) is 6.31. The van der Waals surface area contributed by atoms with Gasteiger partial charge >= 0.3 is 0 Å². The van der Waals surface area contributed by atoms with Crippen molar-refractivity contribution < 1.29 is 0 Å². The first-order valence-electron chi connectivity index (χ1n) is 2.87. The van der Waals surface area contributed by atoms with E-state index in [9.17, 15) is 0 Å². The highest BCUT2D eigenvalue weighted by Crippen LogP contribution is 2.23. The molecule has 0 N–H and O–H groups in total. The van der Waals surface area contributed by atoms with Crippen LogP contribution in [-0.4, -0.2) is 12.3 Å². The first kappa shape index (κ1) is 6.04. The van der Waals surface area contributed by atoms with Crippen molar-refractivity contribution >= 4 is 8.58 Å². The Morgan fingerprint density at radius 2 is 2.38 bits per heavy atom. The summed E-state index contributed by atoms with van der Waals surface area (Å²) in [6, 6.07) is 0. The van der Waals surface area contributed by atoms with E-state index in [0.717, 1.165) is 14.2 Å². The highest BCUT2D eigenvalue weighted by atomic mass is 31.1. The summed E-state index contributed by atoms with van der Waals surface area (Å²) in [5.41, 5.74) is 2.18. The zero-order valence-electron chi connectivity index (χ0n) is 5.31. The van der Waals surface area contributed by atoms with Crippen molar-refractivity contribution in [1.82, 2.24) is 0 Å². The zero-order chi connectivity index (χ0) is 5.98. The van der Waals surface area contributed by atoms with Gasteiger partial charge in [0.05, 0.1) is 0 Å². The van der Waals surface area contributed by atoms with E-state index in [1.807, 2.05) is 0 Å². The molecule has 0 aromatic rings. The number of allylic oxidation sites excluding steroid dienone is 4. The van der Waals surface area contributed by atoms with Gasteiger partial charge in [0.1, 0.15) is 0 Å². The minimum atomic E-state index is 0.759. The van der Waals surface area contributed by atoms with E-state index in [0.29, 0.717) is 0 Å². The second kappa shape index (κ2) is 2.46. The fourth-order valence-electron chi connectivity index (χ4n) is 0.829. The van der Waals surface area contributed by atoms with Crippen LogP contribution in [0.4, 0.5) is 0 Å². The smallest absolute Gasteiger partial charge is 0.0127 e. The van der Waals surface area contributed by atoms with Crippen LogP contribution in [0.3, 0.4) is 0 Å². The van der Waals surface area contributed by atoms with Crippen LogP contribution < -0.4 is 0 Å². The predicted molar refractivity (Wildman–Crippen MR) is 40.9 cm³/mol. The Kier molecular flexibility index (Phi) is 1.85. The second-order valence-electron chi connectivity index (χ2n) is 2.08. The molecular formula is C7H11P. The first-order chi connectivity index (χ1) is 3.83. The van der Waals surface area contributed by atoms with Gasteiger partial charge in [0.15, 0.2) is 0 Å². The lowest BCUT2D eigenvalue weighted by Gasteiger charge is -1.95. The Morgan fingerprint density at radius 3 is 2.62 bits per heavy atom. The maximum absolute atomic E-state index is 2.32. The summed E-state index contributed by atoms with van der Waals surface area (Å²) >= 11 is 0. The second-order valence-corrected chi connectivity index (χ2v) is 3.33. The van der Waals surface area contributed by atoms with Crippen LogP contribution in [0.1, 0.15) is 6.92 Å². The highest BCUT2D eigenvalue weighted by molar-refractivity contribution is 7.38.